The Morgan fingerprint density at radius 1 is 0.352 bits per heavy atom. The Morgan fingerprint density at radius 2 is 0.667 bits per heavy atom. The van der Waals surface area contributed by atoms with Gasteiger partial charge in [0.1, 0.15) is 48.8 Å². The lowest BCUT2D eigenvalue weighted by molar-refractivity contribution is -0.359. The van der Waals surface area contributed by atoms with Crippen molar-refractivity contribution < 1.29 is 64.6 Å². The molecule has 0 spiro atoms. The number of carbonyl (C=O) groups excluding carboxylic acids is 1. The Labute approximate surface area is 642 Å². The van der Waals surface area contributed by atoms with Crippen LogP contribution in [-0.2, 0) is 23.7 Å². The van der Waals surface area contributed by atoms with E-state index in [-0.39, 0.29) is 18.9 Å². The maximum atomic E-state index is 13.4. The van der Waals surface area contributed by atoms with E-state index in [0.717, 1.165) is 77.0 Å². The number of aliphatic hydroxyl groups excluding tert-OH is 8. The number of allylic oxidation sites excluding steroid dienone is 17. The fourth-order valence-corrected chi connectivity index (χ4v) is 13.9. The monoisotopic (exact) mass is 1480 g/mol. The van der Waals surface area contributed by atoms with E-state index in [1.165, 1.54) is 257 Å². The third-order valence-corrected chi connectivity index (χ3v) is 20.7. The van der Waals surface area contributed by atoms with Crippen LogP contribution in [0.25, 0.3) is 0 Å². The summed E-state index contributed by atoms with van der Waals surface area (Å²) in [5.74, 6) is -0.247. The van der Waals surface area contributed by atoms with Crippen molar-refractivity contribution in [3.63, 3.8) is 0 Å². The molecule has 0 aliphatic carbocycles. The van der Waals surface area contributed by atoms with Crippen LogP contribution in [0, 0.1) is 0 Å². The van der Waals surface area contributed by atoms with E-state index >= 15 is 0 Å². The highest BCUT2D eigenvalue weighted by Crippen LogP contribution is 2.30. The van der Waals surface area contributed by atoms with Gasteiger partial charge in [-0.2, -0.15) is 0 Å². The van der Waals surface area contributed by atoms with Crippen LogP contribution in [-0.4, -0.2) is 140 Å². The molecule has 0 radical (unpaired) electrons. The van der Waals surface area contributed by atoms with Gasteiger partial charge < -0.3 is 65.1 Å². The molecule has 1 amide bonds. The second-order valence-electron chi connectivity index (χ2n) is 30.3. The van der Waals surface area contributed by atoms with Crippen molar-refractivity contribution in [3.05, 3.63) is 109 Å². The van der Waals surface area contributed by atoms with Crippen LogP contribution in [0.4, 0.5) is 0 Å². The van der Waals surface area contributed by atoms with E-state index in [1.807, 2.05) is 6.08 Å². The summed E-state index contributed by atoms with van der Waals surface area (Å²) in [5, 5.41) is 87.8. The maximum Gasteiger partial charge on any atom is 0.220 e. The highest BCUT2D eigenvalue weighted by Gasteiger charge is 2.51. The predicted octanol–water partition coefficient (Wildman–Crippen LogP) is 21.0. The summed E-state index contributed by atoms with van der Waals surface area (Å²) in [5.41, 5.74) is 0. The molecule has 9 N–H and O–H groups in total. The molecule has 14 heteroatoms. The summed E-state index contributed by atoms with van der Waals surface area (Å²) >= 11 is 0. The lowest BCUT2D eigenvalue weighted by Crippen LogP contribution is -2.65. The van der Waals surface area contributed by atoms with Crippen molar-refractivity contribution >= 4 is 5.91 Å². The average molecular weight is 1480 g/mol. The van der Waals surface area contributed by atoms with Gasteiger partial charge in [0.15, 0.2) is 12.6 Å². The number of nitrogens with one attached hydrogen (secondary N) is 1. The minimum Gasteiger partial charge on any atom is -0.394 e. The fraction of sp³-hybridized carbons (Fsp3) is 0.791. The number of unbranched alkanes of at least 4 members (excludes halogenated alkanes) is 44. The molecule has 105 heavy (non-hydrogen) atoms. The molecular weight excluding hydrogens is 1310 g/mol. The zero-order valence-electron chi connectivity index (χ0n) is 67.0. The first kappa shape index (κ1) is 97.7. The van der Waals surface area contributed by atoms with Crippen molar-refractivity contribution in [2.45, 2.75) is 441 Å². The fourth-order valence-electron chi connectivity index (χ4n) is 13.9. The van der Waals surface area contributed by atoms with Crippen LogP contribution in [0.5, 0.6) is 0 Å². The Hall–Kier alpha value is -3.35. The highest BCUT2D eigenvalue weighted by molar-refractivity contribution is 5.76. The van der Waals surface area contributed by atoms with Gasteiger partial charge in [0.2, 0.25) is 5.91 Å². The van der Waals surface area contributed by atoms with Gasteiger partial charge in [-0.15, -0.1) is 0 Å². The largest absolute Gasteiger partial charge is 0.394 e. The first-order chi connectivity index (χ1) is 51.6. The van der Waals surface area contributed by atoms with Crippen molar-refractivity contribution in [1.82, 2.24) is 5.32 Å². The molecule has 12 atom stereocenters. The van der Waals surface area contributed by atoms with Gasteiger partial charge in [-0.3, -0.25) is 4.79 Å². The van der Waals surface area contributed by atoms with Crippen molar-refractivity contribution in [2.24, 2.45) is 0 Å². The lowest BCUT2D eigenvalue weighted by atomic mass is 9.97. The molecule has 0 saturated carbocycles. The molecule has 0 aromatic carbocycles. The first-order valence-electron chi connectivity index (χ1n) is 43.6. The van der Waals surface area contributed by atoms with Crippen LogP contribution in [0.3, 0.4) is 0 Å². The third kappa shape index (κ3) is 55.7. The van der Waals surface area contributed by atoms with Crippen molar-refractivity contribution in [2.75, 3.05) is 19.8 Å². The molecule has 2 aliphatic heterocycles. The van der Waals surface area contributed by atoms with Gasteiger partial charge in [-0.1, -0.05) is 380 Å². The van der Waals surface area contributed by atoms with Gasteiger partial charge in [-0.05, 0) is 89.9 Å². The van der Waals surface area contributed by atoms with Gasteiger partial charge in [0, 0.05) is 6.42 Å². The number of hydrogen-bond acceptors (Lipinski definition) is 13. The minimum absolute atomic E-state index is 0.247. The molecule has 608 valence electrons. The topological polar surface area (TPSA) is 228 Å². The summed E-state index contributed by atoms with van der Waals surface area (Å²) in [6.45, 7) is 2.72. The van der Waals surface area contributed by atoms with Crippen LogP contribution in [0.2, 0.25) is 0 Å². The molecule has 2 aliphatic rings. The predicted molar refractivity (Wildman–Crippen MR) is 438 cm³/mol. The van der Waals surface area contributed by atoms with Crippen LogP contribution >= 0.6 is 0 Å². The minimum atomic E-state index is -1.80. The number of carbonyl (C=O) groups is 1. The molecule has 0 aromatic rings. The Morgan fingerprint density at radius 3 is 1.05 bits per heavy atom. The zero-order chi connectivity index (χ0) is 75.8. The Kier molecular flexibility index (Phi) is 68.4. The summed E-state index contributed by atoms with van der Waals surface area (Å²) in [4.78, 5) is 13.4. The lowest BCUT2D eigenvalue weighted by Gasteiger charge is -2.46. The molecule has 0 aromatic heterocycles. The summed E-state index contributed by atoms with van der Waals surface area (Å²) in [6, 6.07) is -0.939. The van der Waals surface area contributed by atoms with E-state index in [1.54, 1.807) is 6.08 Å². The zero-order valence-corrected chi connectivity index (χ0v) is 67.0. The number of hydrogen-bond donors (Lipinski definition) is 9. The molecule has 0 bridgehead atoms. The van der Waals surface area contributed by atoms with Crippen LogP contribution in [0.1, 0.15) is 367 Å². The van der Waals surface area contributed by atoms with E-state index in [4.69, 9.17) is 18.9 Å². The number of amides is 1. The van der Waals surface area contributed by atoms with Crippen molar-refractivity contribution in [1.29, 1.82) is 0 Å². The summed E-state index contributed by atoms with van der Waals surface area (Å²) < 4.78 is 22.9. The quantitative estimate of drug-likeness (QED) is 0.0204. The second-order valence-corrected chi connectivity index (χ2v) is 30.3. The number of aliphatic hydroxyl groups is 8. The van der Waals surface area contributed by atoms with Crippen LogP contribution < -0.4 is 5.32 Å². The summed E-state index contributed by atoms with van der Waals surface area (Å²) in [7, 11) is 0. The maximum absolute atomic E-state index is 13.4. The third-order valence-electron chi connectivity index (χ3n) is 20.7. The normalized spacial score (nSPS) is 21.9. The highest BCUT2D eigenvalue weighted by atomic mass is 16.7. The number of ether oxygens (including phenoxy) is 4. The second kappa shape index (κ2) is 73.5. The number of rotatable bonds is 73. The van der Waals surface area contributed by atoms with Gasteiger partial charge in [0.05, 0.1) is 32.0 Å². The average Bonchev–Trinajstić information content (AvgIpc) is 0.789. The van der Waals surface area contributed by atoms with Gasteiger partial charge in [0.25, 0.3) is 0 Å². The molecule has 2 fully saturated rings. The Balaban J connectivity index is 1.59. The molecule has 2 heterocycles. The summed E-state index contributed by atoms with van der Waals surface area (Å²) in [6.07, 6.45) is 90.5. The standard InChI is InChI=1S/C91H161NO13/c1-3-5-7-9-11-13-15-17-19-21-23-25-27-29-31-33-35-37-38-39-40-41-42-43-45-47-49-51-53-55-57-59-61-63-65-67-69-71-73-75-83(96)92-79(78-102-90-88(101)86(99)89(82(77-94)104-90)105-91-87(100)85(98)84(97)81(76-93)103-91)80(95)74-72-70-68-66-64-62-60-58-56-54-52-50-48-46-44-36-34-32-30-28-26-24-22-20-18-16-14-12-10-8-6-4-2/h5,7,11,13,17,19,23,25,29,31,35,37,39-40,64,66,72,74,79-82,84-91,93-95,97-101H,3-4,6,8-10,12,14-16,18,20-22,24,26-28,30,32-34,36,38,41-63,65,67-71,73,75-78H2,1-2H3,(H,92,96)/b7-5-,13-11-,19-17-,25-23-,31-29-,37-35-,40-39-,66-64+,74-72+. The van der Waals surface area contributed by atoms with Gasteiger partial charge >= 0.3 is 0 Å². The molecule has 14 nitrogen and oxygen atoms in total. The van der Waals surface area contributed by atoms with Crippen LogP contribution in [0.15, 0.2) is 109 Å². The molecule has 2 saturated heterocycles. The molecule has 2 rings (SSSR count). The van der Waals surface area contributed by atoms with E-state index in [9.17, 15) is 45.6 Å². The van der Waals surface area contributed by atoms with E-state index in [0.29, 0.717) is 12.8 Å². The molecular formula is C91H161NO13. The Bertz CT molecular complexity index is 2190. The first-order valence-corrected chi connectivity index (χ1v) is 43.6. The molecule has 12 unspecified atom stereocenters. The van der Waals surface area contributed by atoms with E-state index in [2.05, 4.69) is 116 Å². The SMILES string of the molecule is CC/C=C\C/C=C\C/C=C\C/C=C\C/C=C\C/C=C\C/C=C\CCCCCCCCCCCCCCCCCCCC(=O)NC(COC1OC(CO)C(OC2OC(CO)C(O)C(O)C2O)C(O)C1O)C(O)/C=C/CC/C=C/CCCCCCCCCCCCCCCCCCCCCCCCCCCC. The smallest absolute Gasteiger partial charge is 0.220 e. The van der Waals surface area contributed by atoms with E-state index < -0.39 is 86.8 Å². The van der Waals surface area contributed by atoms with Crippen molar-refractivity contribution in [3.8, 4) is 0 Å². The van der Waals surface area contributed by atoms with Gasteiger partial charge in [-0.25, -0.2) is 0 Å².